The number of hydrogen-bond donors (Lipinski definition) is 1. The Morgan fingerprint density at radius 3 is 1.81 bits per heavy atom. The second-order valence-corrected chi connectivity index (χ2v) is 3.78. The maximum absolute atomic E-state index is 10.0. The first-order chi connectivity index (χ1) is 6.77. The minimum atomic E-state index is -5.17. The molecule has 0 unspecified atom stereocenters. The van der Waals surface area contributed by atoms with E-state index in [4.69, 9.17) is 22.6 Å². The fourth-order valence-corrected chi connectivity index (χ4v) is 0.880. The number of hydrogen-bond acceptors (Lipinski definition) is 5. The summed E-state index contributed by atoms with van der Waals surface area (Å²) in [4.78, 5) is 10.0. The first-order valence-electron chi connectivity index (χ1n) is 4.66. The van der Waals surface area contributed by atoms with Crippen molar-refractivity contribution in [3.05, 3.63) is 0 Å². The van der Waals surface area contributed by atoms with Gasteiger partial charge < -0.3 is 14.2 Å². The molecule has 92 valence electrons. The molecule has 0 aliphatic carbocycles. The van der Waals surface area contributed by atoms with Crippen molar-refractivity contribution in [1.82, 2.24) is 0 Å². The Morgan fingerprint density at radius 1 is 1.12 bits per heavy atom. The first-order valence-corrected chi connectivity index (χ1v) is 5.99. The van der Waals surface area contributed by atoms with Crippen molar-refractivity contribution in [1.29, 1.82) is 0 Å². The summed E-state index contributed by atoms with van der Waals surface area (Å²) < 4.78 is 34.1. The molecule has 8 heteroatoms. The van der Waals surface area contributed by atoms with Gasteiger partial charge >= 0.3 is 43.7 Å². The number of aliphatic carboxylic acids is 1. The van der Waals surface area contributed by atoms with E-state index in [-0.39, 0.29) is 37.7 Å². The summed E-state index contributed by atoms with van der Waals surface area (Å²) in [5.41, 5.74) is 0. The molecule has 0 saturated carbocycles. The van der Waals surface area contributed by atoms with E-state index in [1.54, 1.807) is 0 Å². The van der Waals surface area contributed by atoms with Gasteiger partial charge in [0.2, 0.25) is 0 Å². The van der Waals surface area contributed by atoms with Crippen LogP contribution in [0.25, 0.3) is 0 Å². The number of carboxylic acid groups (broad SMARTS) is 1. The van der Waals surface area contributed by atoms with Crippen molar-refractivity contribution in [3.8, 4) is 0 Å². The van der Waals surface area contributed by atoms with Crippen LogP contribution in [0.1, 0.15) is 45.4 Å². The smallest absolute Gasteiger partial charge is 0.759 e. The fourth-order valence-electron chi connectivity index (χ4n) is 0.880. The molecule has 1 N–H and O–H groups in total. The molecule has 0 fully saturated rings. The molecule has 16 heavy (non-hydrogen) atoms. The summed E-state index contributed by atoms with van der Waals surface area (Å²) in [5, 5.41) is 8.27. The van der Waals surface area contributed by atoms with E-state index in [2.05, 4.69) is 6.92 Å². The molecule has 0 heterocycles. The fraction of sp³-hybridized carbons (Fsp3) is 0.875. The molecule has 6 nitrogen and oxygen atoms in total. The second kappa shape index (κ2) is 13.7. The van der Waals surface area contributed by atoms with Gasteiger partial charge in [-0.1, -0.05) is 32.6 Å². The quantitative estimate of drug-likeness (QED) is 0.331. The minimum absolute atomic E-state index is 0. The summed E-state index contributed by atoms with van der Waals surface area (Å²) >= 11 is 0. The largest absolute Gasteiger partial charge is 2.00 e. The Kier molecular flexibility index (Phi) is 18.7. The van der Waals surface area contributed by atoms with E-state index in [0.29, 0.717) is 6.42 Å². The summed E-state index contributed by atoms with van der Waals surface area (Å²) in [6.45, 7) is 2.15. The molecule has 0 bridgehead atoms. The topological polar surface area (TPSA) is 118 Å². The average Bonchev–Trinajstić information content (AvgIpc) is 2.00. The van der Waals surface area contributed by atoms with Crippen molar-refractivity contribution < 1.29 is 27.4 Å². The van der Waals surface area contributed by atoms with E-state index in [0.717, 1.165) is 12.8 Å². The van der Waals surface area contributed by atoms with Crippen LogP contribution in [0.3, 0.4) is 0 Å². The maximum Gasteiger partial charge on any atom is 2.00 e. The molecule has 0 aromatic carbocycles. The Bertz CT molecular complexity index is 243. The molecule has 0 rings (SSSR count). The van der Waals surface area contributed by atoms with E-state index >= 15 is 0 Å². The van der Waals surface area contributed by atoms with E-state index in [9.17, 15) is 4.79 Å². The zero-order valence-electron chi connectivity index (χ0n) is 9.35. The Morgan fingerprint density at radius 2 is 1.50 bits per heavy atom. The van der Waals surface area contributed by atoms with Crippen LogP contribution in [0.5, 0.6) is 0 Å². The molecule has 0 radical (unpaired) electrons. The number of carbonyl (C=O) groups is 1. The molecular formula is C8H16CaO6S. The summed E-state index contributed by atoms with van der Waals surface area (Å²) in [7, 11) is -5.17. The van der Waals surface area contributed by atoms with Crippen LogP contribution in [-0.4, -0.2) is 66.3 Å². The van der Waals surface area contributed by atoms with Gasteiger partial charge in [0.15, 0.2) is 0 Å². The molecular weight excluding hydrogens is 264 g/mol. The molecule has 0 aliphatic heterocycles. The van der Waals surface area contributed by atoms with Gasteiger partial charge in [0.1, 0.15) is 0 Å². The van der Waals surface area contributed by atoms with Crippen LogP contribution in [0.15, 0.2) is 0 Å². The van der Waals surface area contributed by atoms with Crippen LogP contribution < -0.4 is 0 Å². The van der Waals surface area contributed by atoms with Crippen LogP contribution in [0, 0.1) is 0 Å². The molecule has 0 spiro atoms. The molecule has 0 saturated heterocycles. The van der Waals surface area contributed by atoms with Crippen molar-refractivity contribution in [2.75, 3.05) is 0 Å². The third-order valence-corrected chi connectivity index (χ3v) is 1.49. The van der Waals surface area contributed by atoms with E-state index < -0.39 is 16.4 Å². The summed E-state index contributed by atoms with van der Waals surface area (Å²) in [6, 6.07) is 0. The van der Waals surface area contributed by atoms with Crippen molar-refractivity contribution in [2.45, 2.75) is 45.4 Å². The number of rotatable bonds is 6. The van der Waals surface area contributed by atoms with Crippen molar-refractivity contribution >= 4 is 54.1 Å². The zero-order chi connectivity index (χ0) is 12.3. The van der Waals surface area contributed by atoms with Gasteiger partial charge in [-0.05, 0) is 6.42 Å². The van der Waals surface area contributed by atoms with Crippen molar-refractivity contribution in [3.63, 3.8) is 0 Å². The van der Waals surface area contributed by atoms with Gasteiger partial charge in [-0.25, -0.2) is 0 Å². The zero-order valence-corrected chi connectivity index (χ0v) is 12.4. The monoisotopic (exact) mass is 280 g/mol. The van der Waals surface area contributed by atoms with Crippen LogP contribution in [-0.2, 0) is 15.2 Å². The second-order valence-electron chi connectivity index (χ2n) is 2.97. The third kappa shape index (κ3) is 46.8. The molecule has 0 amide bonds. The molecule has 0 atom stereocenters. The minimum Gasteiger partial charge on any atom is -0.759 e. The van der Waals surface area contributed by atoms with Gasteiger partial charge in [-0.3, -0.25) is 13.2 Å². The first kappa shape index (κ1) is 21.8. The predicted molar refractivity (Wildman–Crippen MR) is 57.2 cm³/mol. The molecule has 0 aromatic rings. The number of unbranched alkanes of at least 4 members (excludes halogenated alkanes) is 4. The predicted octanol–water partition coefficient (Wildman–Crippen LogP) is 0.713. The Hall–Kier alpha value is 0.600. The van der Waals surface area contributed by atoms with Gasteiger partial charge in [-0.2, -0.15) is 0 Å². The Balaban J connectivity index is -0.000000242. The average molecular weight is 280 g/mol. The van der Waals surface area contributed by atoms with Crippen molar-refractivity contribution in [2.24, 2.45) is 0 Å². The SMILES string of the molecule is CCCCCCCC(=O)O.O=S(=O)([O-])[O-].[Ca+2]. The summed E-state index contributed by atoms with van der Waals surface area (Å²) in [5.74, 6) is -0.670. The van der Waals surface area contributed by atoms with Crippen LogP contribution in [0.2, 0.25) is 0 Å². The van der Waals surface area contributed by atoms with E-state index in [1.807, 2.05) is 0 Å². The summed E-state index contributed by atoms with van der Waals surface area (Å²) in [6.07, 6.45) is 5.88. The van der Waals surface area contributed by atoms with Gasteiger partial charge in [0.05, 0.1) is 0 Å². The van der Waals surface area contributed by atoms with Gasteiger partial charge in [-0.15, -0.1) is 0 Å². The third-order valence-electron chi connectivity index (χ3n) is 1.49. The van der Waals surface area contributed by atoms with Gasteiger partial charge in [0.25, 0.3) is 0 Å². The van der Waals surface area contributed by atoms with E-state index in [1.165, 1.54) is 19.3 Å². The molecule has 0 aliphatic rings. The Labute approximate surface area is 126 Å². The van der Waals surface area contributed by atoms with Gasteiger partial charge in [0, 0.05) is 16.8 Å². The standard InChI is InChI=1S/C8H16O2.Ca.H2O4S/c1-2-3-4-5-6-7-8(9)10;;1-5(2,3)4/h2-7H2,1H3,(H,9,10);;(H2,1,2,3,4)/q;+2;/p-2. The normalized spacial score (nSPS) is 9.69. The maximum atomic E-state index is 10.0. The van der Waals surface area contributed by atoms with Crippen LogP contribution >= 0.6 is 0 Å². The molecule has 0 aromatic heterocycles. The number of carboxylic acids is 1. The van der Waals surface area contributed by atoms with Crippen LogP contribution in [0.4, 0.5) is 0 Å².